The summed E-state index contributed by atoms with van der Waals surface area (Å²) in [6.07, 6.45) is 4.23. The van der Waals surface area contributed by atoms with E-state index in [2.05, 4.69) is 33.5 Å². The quantitative estimate of drug-likeness (QED) is 0.599. The van der Waals surface area contributed by atoms with Crippen LogP contribution in [0.25, 0.3) is 0 Å². The molecule has 0 aromatic heterocycles. The lowest BCUT2D eigenvalue weighted by atomic mass is 10.0. The van der Waals surface area contributed by atoms with Crippen LogP contribution in [0, 0.1) is 0 Å². The number of alkyl carbamates (subject to hydrolysis) is 1. The standard InChI is InChI=1S/C18H27BrN2O3/c1-5-15(14-12-13(19)8-9-16(14)22)20-10-6-7-11-21-17(23)24-18(2,3)4/h6-9,12,15,20,22H,5,10-11H2,1-4H3,(H,21,23)/b7-6+. The molecule has 0 saturated carbocycles. The van der Waals surface area contributed by atoms with Crippen LogP contribution < -0.4 is 10.6 Å². The summed E-state index contributed by atoms with van der Waals surface area (Å²) in [7, 11) is 0. The number of hydrogen-bond donors (Lipinski definition) is 3. The summed E-state index contributed by atoms with van der Waals surface area (Å²) in [5.74, 6) is 0.285. The van der Waals surface area contributed by atoms with Gasteiger partial charge in [-0.15, -0.1) is 0 Å². The monoisotopic (exact) mass is 398 g/mol. The van der Waals surface area contributed by atoms with Crippen LogP contribution in [0.2, 0.25) is 0 Å². The second-order valence-corrected chi connectivity index (χ2v) is 7.34. The van der Waals surface area contributed by atoms with Crippen LogP contribution in [0.5, 0.6) is 5.75 Å². The molecule has 6 heteroatoms. The zero-order valence-corrected chi connectivity index (χ0v) is 16.3. The smallest absolute Gasteiger partial charge is 0.407 e. The zero-order chi connectivity index (χ0) is 18.2. The van der Waals surface area contributed by atoms with Crippen molar-refractivity contribution < 1.29 is 14.6 Å². The third kappa shape index (κ3) is 7.84. The molecule has 3 N–H and O–H groups in total. The van der Waals surface area contributed by atoms with Crippen molar-refractivity contribution in [2.45, 2.75) is 45.8 Å². The molecule has 0 aliphatic heterocycles. The SMILES string of the molecule is CCC(NC/C=C/CNC(=O)OC(C)(C)C)c1cc(Br)ccc1O. The van der Waals surface area contributed by atoms with E-state index in [-0.39, 0.29) is 11.8 Å². The Balaban J connectivity index is 2.39. The van der Waals surface area contributed by atoms with Gasteiger partial charge < -0.3 is 20.5 Å². The third-order valence-corrected chi connectivity index (χ3v) is 3.68. The molecular formula is C18H27BrN2O3. The molecule has 0 fully saturated rings. The summed E-state index contributed by atoms with van der Waals surface area (Å²) >= 11 is 3.43. The fraction of sp³-hybridized carbons (Fsp3) is 0.500. The molecule has 0 heterocycles. The summed E-state index contributed by atoms with van der Waals surface area (Å²) in [4.78, 5) is 11.5. The van der Waals surface area contributed by atoms with Crippen molar-refractivity contribution in [3.8, 4) is 5.75 Å². The first-order valence-electron chi connectivity index (χ1n) is 8.06. The topological polar surface area (TPSA) is 70.6 Å². The average Bonchev–Trinajstić information content (AvgIpc) is 2.47. The van der Waals surface area contributed by atoms with E-state index in [9.17, 15) is 9.90 Å². The lowest BCUT2D eigenvalue weighted by molar-refractivity contribution is 0.0534. The van der Waals surface area contributed by atoms with Crippen LogP contribution in [0.1, 0.15) is 45.7 Å². The number of phenols is 1. The third-order valence-electron chi connectivity index (χ3n) is 3.19. The number of benzene rings is 1. The number of rotatable bonds is 7. The van der Waals surface area contributed by atoms with Crippen molar-refractivity contribution in [3.63, 3.8) is 0 Å². The molecule has 1 rings (SSSR count). The Kier molecular flexibility index (Phi) is 8.28. The zero-order valence-electron chi connectivity index (χ0n) is 14.7. The number of phenolic OH excluding ortho intramolecular Hbond substituents is 1. The highest BCUT2D eigenvalue weighted by Gasteiger charge is 2.15. The average molecular weight is 399 g/mol. The Hall–Kier alpha value is -1.53. The van der Waals surface area contributed by atoms with Gasteiger partial charge in [-0.05, 0) is 45.4 Å². The van der Waals surface area contributed by atoms with E-state index in [1.807, 2.05) is 45.1 Å². The lowest BCUT2D eigenvalue weighted by Crippen LogP contribution is -2.32. The second kappa shape index (κ2) is 9.69. The summed E-state index contributed by atoms with van der Waals surface area (Å²) in [6, 6.07) is 5.48. The number of amides is 1. The van der Waals surface area contributed by atoms with Crippen molar-refractivity contribution in [3.05, 3.63) is 40.4 Å². The summed E-state index contributed by atoms with van der Waals surface area (Å²) in [5.41, 5.74) is 0.377. The number of nitrogens with one attached hydrogen (secondary N) is 2. The van der Waals surface area contributed by atoms with Crippen molar-refractivity contribution in [1.29, 1.82) is 0 Å². The number of halogens is 1. The molecule has 134 valence electrons. The van der Waals surface area contributed by atoms with Gasteiger partial charge in [-0.2, -0.15) is 0 Å². The number of carbonyl (C=O) groups is 1. The molecule has 1 unspecified atom stereocenters. The highest BCUT2D eigenvalue weighted by molar-refractivity contribution is 9.10. The maximum atomic E-state index is 11.5. The Morgan fingerprint density at radius 2 is 2.00 bits per heavy atom. The minimum absolute atomic E-state index is 0.0611. The van der Waals surface area contributed by atoms with Gasteiger partial charge in [0, 0.05) is 29.2 Å². The number of ether oxygens (including phenoxy) is 1. The minimum atomic E-state index is -0.490. The number of carbonyl (C=O) groups excluding carboxylic acids is 1. The van der Waals surface area contributed by atoms with Gasteiger partial charge in [-0.1, -0.05) is 35.0 Å². The number of hydrogen-bond acceptors (Lipinski definition) is 4. The molecule has 1 aromatic carbocycles. The molecule has 0 aliphatic carbocycles. The van der Waals surface area contributed by atoms with Gasteiger partial charge in [0.15, 0.2) is 0 Å². The molecule has 1 atom stereocenters. The predicted octanol–water partition coefficient (Wildman–Crippen LogP) is 4.28. The van der Waals surface area contributed by atoms with Gasteiger partial charge in [-0.25, -0.2) is 4.79 Å². The predicted molar refractivity (Wildman–Crippen MR) is 100 cm³/mol. The van der Waals surface area contributed by atoms with E-state index < -0.39 is 11.7 Å². The first-order chi connectivity index (χ1) is 11.2. The van der Waals surface area contributed by atoms with E-state index in [4.69, 9.17) is 4.74 Å². The van der Waals surface area contributed by atoms with E-state index in [1.54, 1.807) is 6.07 Å². The van der Waals surface area contributed by atoms with E-state index in [0.29, 0.717) is 13.1 Å². The van der Waals surface area contributed by atoms with Crippen molar-refractivity contribution in [2.75, 3.05) is 13.1 Å². The highest BCUT2D eigenvalue weighted by Crippen LogP contribution is 2.29. The fourth-order valence-electron chi connectivity index (χ4n) is 2.11. The Morgan fingerprint density at radius 1 is 1.33 bits per heavy atom. The van der Waals surface area contributed by atoms with E-state index >= 15 is 0 Å². The Bertz CT molecular complexity index is 568. The molecule has 0 aliphatic rings. The molecule has 5 nitrogen and oxygen atoms in total. The molecule has 0 spiro atoms. The summed E-state index contributed by atoms with van der Waals surface area (Å²) < 4.78 is 6.09. The van der Waals surface area contributed by atoms with Crippen molar-refractivity contribution in [2.24, 2.45) is 0 Å². The van der Waals surface area contributed by atoms with E-state index in [1.165, 1.54) is 0 Å². The summed E-state index contributed by atoms with van der Waals surface area (Å²) in [6.45, 7) is 8.60. The lowest BCUT2D eigenvalue weighted by Gasteiger charge is -2.19. The highest BCUT2D eigenvalue weighted by atomic mass is 79.9. The van der Waals surface area contributed by atoms with Gasteiger partial charge >= 0.3 is 6.09 Å². The molecular weight excluding hydrogens is 372 g/mol. The van der Waals surface area contributed by atoms with Crippen LogP contribution in [0.15, 0.2) is 34.8 Å². The normalized spacial score (nSPS) is 13.0. The molecule has 1 amide bonds. The van der Waals surface area contributed by atoms with Crippen LogP contribution in [0.3, 0.4) is 0 Å². The van der Waals surface area contributed by atoms with Crippen molar-refractivity contribution >= 4 is 22.0 Å². The van der Waals surface area contributed by atoms with Gasteiger partial charge in [0.05, 0.1) is 0 Å². The Morgan fingerprint density at radius 3 is 2.62 bits per heavy atom. The van der Waals surface area contributed by atoms with E-state index in [0.717, 1.165) is 16.5 Å². The maximum absolute atomic E-state index is 11.5. The van der Waals surface area contributed by atoms with Gasteiger partial charge in [0.1, 0.15) is 11.4 Å². The van der Waals surface area contributed by atoms with Gasteiger partial charge in [0.25, 0.3) is 0 Å². The number of aromatic hydroxyl groups is 1. The van der Waals surface area contributed by atoms with Gasteiger partial charge in [0.2, 0.25) is 0 Å². The van der Waals surface area contributed by atoms with Crippen LogP contribution in [-0.2, 0) is 4.74 Å². The molecule has 0 bridgehead atoms. The maximum Gasteiger partial charge on any atom is 0.407 e. The molecule has 24 heavy (non-hydrogen) atoms. The largest absolute Gasteiger partial charge is 0.508 e. The molecule has 0 saturated heterocycles. The van der Waals surface area contributed by atoms with Crippen LogP contribution >= 0.6 is 15.9 Å². The van der Waals surface area contributed by atoms with Crippen molar-refractivity contribution in [1.82, 2.24) is 10.6 Å². The van der Waals surface area contributed by atoms with Gasteiger partial charge in [-0.3, -0.25) is 0 Å². The molecule has 0 radical (unpaired) electrons. The van der Waals surface area contributed by atoms with Crippen LogP contribution in [0.4, 0.5) is 4.79 Å². The Labute approximate surface area is 152 Å². The minimum Gasteiger partial charge on any atom is -0.508 e. The molecule has 1 aromatic rings. The second-order valence-electron chi connectivity index (χ2n) is 6.43. The first-order valence-corrected chi connectivity index (χ1v) is 8.86. The van der Waals surface area contributed by atoms with Crippen LogP contribution in [-0.4, -0.2) is 29.9 Å². The summed E-state index contributed by atoms with van der Waals surface area (Å²) in [5, 5.41) is 16.0. The fourth-order valence-corrected chi connectivity index (χ4v) is 2.49. The first kappa shape index (κ1) is 20.5.